The van der Waals surface area contributed by atoms with E-state index in [2.05, 4.69) is 5.16 Å². The number of rotatable bonds is 12. The number of thiazole rings is 1. The Bertz CT molecular complexity index is 1440. The summed E-state index contributed by atoms with van der Waals surface area (Å²) in [5, 5.41) is 4.21. The first-order valence-corrected chi connectivity index (χ1v) is 13.1. The standard InChI is InChI=1S/C29H30N2O6S/c1-4-36-25(28(32)34-2)18-20-10-13-23(14-11-20)37-17-16-31-24-15-12-22(19-26(24)38-29(31)33)27(30-35-3)21-8-6-5-7-9-21/h5-15,19,25H,4,16-18H2,1-3H3. The molecule has 198 valence electrons. The molecule has 0 fully saturated rings. The number of nitrogens with zero attached hydrogens (tertiary/aromatic N) is 2. The van der Waals surface area contributed by atoms with Gasteiger partial charge in [0.25, 0.3) is 0 Å². The van der Waals surface area contributed by atoms with Gasteiger partial charge in [0.15, 0.2) is 6.10 Å². The number of ether oxygens (including phenoxy) is 3. The topological polar surface area (TPSA) is 88.4 Å². The van der Waals surface area contributed by atoms with Crippen LogP contribution in [0.3, 0.4) is 0 Å². The average molecular weight is 535 g/mol. The van der Waals surface area contributed by atoms with E-state index >= 15 is 0 Å². The van der Waals surface area contributed by atoms with Crippen molar-refractivity contribution in [2.24, 2.45) is 5.16 Å². The molecule has 0 aliphatic carbocycles. The highest BCUT2D eigenvalue weighted by molar-refractivity contribution is 7.16. The number of esters is 1. The normalized spacial score (nSPS) is 12.3. The van der Waals surface area contributed by atoms with E-state index in [9.17, 15) is 9.59 Å². The third-order valence-corrected chi connectivity index (χ3v) is 6.87. The number of carbonyl (C=O) groups is 1. The summed E-state index contributed by atoms with van der Waals surface area (Å²) in [7, 11) is 2.87. The maximum absolute atomic E-state index is 12.8. The van der Waals surface area contributed by atoms with Crippen LogP contribution in [0, 0.1) is 0 Å². The minimum Gasteiger partial charge on any atom is -0.492 e. The largest absolute Gasteiger partial charge is 0.492 e. The van der Waals surface area contributed by atoms with Crippen LogP contribution >= 0.6 is 11.3 Å². The van der Waals surface area contributed by atoms with E-state index in [4.69, 9.17) is 19.0 Å². The van der Waals surface area contributed by atoms with Gasteiger partial charge >= 0.3 is 10.8 Å². The van der Waals surface area contributed by atoms with Crippen molar-refractivity contribution in [1.82, 2.24) is 4.57 Å². The van der Waals surface area contributed by atoms with Crippen molar-refractivity contribution in [3.05, 3.63) is 99.2 Å². The van der Waals surface area contributed by atoms with Gasteiger partial charge in [0.1, 0.15) is 25.2 Å². The van der Waals surface area contributed by atoms with Gasteiger partial charge in [-0.15, -0.1) is 0 Å². The predicted octanol–water partition coefficient (Wildman–Crippen LogP) is 4.66. The smallest absolute Gasteiger partial charge is 0.335 e. The van der Waals surface area contributed by atoms with E-state index in [-0.39, 0.29) is 4.87 Å². The summed E-state index contributed by atoms with van der Waals surface area (Å²) in [5.41, 5.74) is 4.28. The fraction of sp³-hybridized carbons (Fsp3) is 0.276. The minimum absolute atomic E-state index is 0.0502. The second-order valence-corrected chi connectivity index (χ2v) is 9.35. The van der Waals surface area contributed by atoms with Crippen LogP contribution in [-0.2, 0) is 32.1 Å². The third kappa shape index (κ3) is 6.48. The SMILES string of the molecule is CCOC(Cc1ccc(OCCn2c(=O)sc3cc(C(=NOC)c4ccccc4)ccc32)cc1)C(=O)OC. The lowest BCUT2D eigenvalue weighted by molar-refractivity contribution is -0.153. The molecule has 38 heavy (non-hydrogen) atoms. The van der Waals surface area contributed by atoms with Crippen LogP contribution in [0.15, 0.2) is 82.7 Å². The zero-order valence-corrected chi connectivity index (χ0v) is 22.4. The number of fused-ring (bicyclic) bond motifs is 1. The molecule has 0 saturated carbocycles. The number of oxime groups is 1. The van der Waals surface area contributed by atoms with Crippen LogP contribution in [0.4, 0.5) is 0 Å². The Labute approximate surface area is 225 Å². The predicted molar refractivity (Wildman–Crippen MR) is 148 cm³/mol. The maximum atomic E-state index is 12.8. The minimum atomic E-state index is -0.638. The molecule has 1 aromatic heterocycles. The van der Waals surface area contributed by atoms with Gasteiger partial charge in [-0.1, -0.05) is 65.0 Å². The first-order valence-electron chi connectivity index (χ1n) is 12.3. The van der Waals surface area contributed by atoms with Gasteiger partial charge in [0, 0.05) is 24.2 Å². The van der Waals surface area contributed by atoms with Gasteiger partial charge in [-0.05, 0) is 36.8 Å². The summed E-state index contributed by atoms with van der Waals surface area (Å²) in [4.78, 5) is 29.7. The molecular formula is C29H30N2O6S. The molecule has 1 atom stereocenters. The lowest BCUT2D eigenvalue weighted by Crippen LogP contribution is -2.28. The van der Waals surface area contributed by atoms with E-state index in [1.165, 1.54) is 25.6 Å². The molecule has 0 radical (unpaired) electrons. The van der Waals surface area contributed by atoms with Crippen molar-refractivity contribution in [2.45, 2.75) is 26.0 Å². The highest BCUT2D eigenvalue weighted by atomic mass is 32.1. The maximum Gasteiger partial charge on any atom is 0.335 e. The lowest BCUT2D eigenvalue weighted by Gasteiger charge is -2.15. The summed E-state index contributed by atoms with van der Waals surface area (Å²) in [5.74, 6) is 0.285. The van der Waals surface area contributed by atoms with Crippen molar-refractivity contribution >= 4 is 33.2 Å². The molecule has 1 unspecified atom stereocenters. The number of hydrogen-bond acceptors (Lipinski definition) is 8. The molecule has 1 heterocycles. The first kappa shape index (κ1) is 27.1. The van der Waals surface area contributed by atoms with Crippen molar-refractivity contribution in [1.29, 1.82) is 0 Å². The first-order chi connectivity index (χ1) is 18.5. The molecule has 8 nitrogen and oxygen atoms in total. The number of aromatic nitrogens is 1. The highest BCUT2D eigenvalue weighted by Gasteiger charge is 2.20. The molecular weight excluding hydrogens is 504 g/mol. The van der Waals surface area contributed by atoms with Crippen LogP contribution < -0.4 is 9.61 Å². The van der Waals surface area contributed by atoms with E-state index in [1.54, 1.807) is 4.57 Å². The number of methoxy groups -OCH3 is 1. The Morgan fingerprint density at radius 1 is 1.00 bits per heavy atom. The van der Waals surface area contributed by atoms with Gasteiger partial charge in [-0.25, -0.2) is 4.79 Å². The molecule has 0 N–H and O–H groups in total. The van der Waals surface area contributed by atoms with Crippen LogP contribution in [-0.4, -0.2) is 49.8 Å². The Hall–Kier alpha value is -3.95. The lowest BCUT2D eigenvalue weighted by atomic mass is 10.0. The van der Waals surface area contributed by atoms with Gasteiger partial charge in [-0.2, -0.15) is 0 Å². The number of benzene rings is 3. The fourth-order valence-corrected chi connectivity index (χ4v) is 5.07. The van der Waals surface area contributed by atoms with Crippen molar-refractivity contribution in [3.63, 3.8) is 0 Å². The molecule has 0 aliphatic rings. The summed E-state index contributed by atoms with van der Waals surface area (Å²) < 4.78 is 18.8. The van der Waals surface area contributed by atoms with E-state index < -0.39 is 12.1 Å². The van der Waals surface area contributed by atoms with Crippen LogP contribution in [0.1, 0.15) is 23.6 Å². The van der Waals surface area contributed by atoms with Gasteiger partial charge in [-0.3, -0.25) is 9.36 Å². The van der Waals surface area contributed by atoms with Crippen molar-refractivity contribution in [2.75, 3.05) is 27.4 Å². The zero-order chi connectivity index (χ0) is 26.9. The molecule has 0 spiro atoms. The Morgan fingerprint density at radius 2 is 1.76 bits per heavy atom. The summed E-state index contributed by atoms with van der Waals surface area (Å²) in [6.45, 7) is 3.00. The quantitative estimate of drug-likeness (QED) is 0.149. The Morgan fingerprint density at radius 3 is 2.45 bits per heavy atom. The molecule has 9 heteroatoms. The fourth-order valence-electron chi connectivity index (χ4n) is 4.12. The third-order valence-electron chi connectivity index (χ3n) is 5.93. The second-order valence-electron chi connectivity index (χ2n) is 8.35. The van der Waals surface area contributed by atoms with E-state index in [0.29, 0.717) is 37.6 Å². The van der Waals surface area contributed by atoms with Crippen molar-refractivity contribution < 1.29 is 23.8 Å². The molecule has 4 rings (SSSR count). The highest BCUT2D eigenvalue weighted by Crippen LogP contribution is 2.22. The van der Waals surface area contributed by atoms with Crippen LogP contribution in [0.25, 0.3) is 10.2 Å². The van der Waals surface area contributed by atoms with Gasteiger partial charge in [0.05, 0.1) is 23.9 Å². The monoisotopic (exact) mass is 534 g/mol. The molecule has 0 amide bonds. The Balaban J connectivity index is 1.42. The molecule has 4 aromatic rings. The Kier molecular flexibility index (Phi) is 9.29. The van der Waals surface area contributed by atoms with Gasteiger partial charge < -0.3 is 19.0 Å². The van der Waals surface area contributed by atoms with Crippen LogP contribution in [0.2, 0.25) is 0 Å². The molecule has 0 bridgehead atoms. The number of hydrogen-bond donors (Lipinski definition) is 0. The van der Waals surface area contributed by atoms with Gasteiger partial charge in [0.2, 0.25) is 0 Å². The summed E-state index contributed by atoms with van der Waals surface area (Å²) >= 11 is 1.19. The van der Waals surface area contributed by atoms with Crippen molar-refractivity contribution in [3.8, 4) is 5.75 Å². The molecule has 0 saturated heterocycles. The van der Waals surface area contributed by atoms with Crippen LogP contribution in [0.5, 0.6) is 5.75 Å². The molecule has 0 aliphatic heterocycles. The number of carbonyl (C=O) groups excluding carboxylic acids is 1. The van der Waals surface area contributed by atoms with E-state index in [0.717, 1.165) is 26.9 Å². The summed E-state index contributed by atoms with van der Waals surface area (Å²) in [6, 6.07) is 23.1. The summed E-state index contributed by atoms with van der Waals surface area (Å²) in [6.07, 6.45) is -0.222. The zero-order valence-electron chi connectivity index (χ0n) is 21.6. The molecule has 3 aromatic carbocycles. The van der Waals surface area contributed by atoms with E-state index in [1.807, 2.05) is 79.7 Å². The second kappa shape index (κ2) is 13.0. The average Bonchev–Trinajstić information content (AvgIpc) is 3.26.